The zero-order valence-electron chi connectivity index (χ0n) is 13.8. The molecule has 2 heteroatoms. The zero-order valence-corrected chi connectivity index (χ0v) is 13.8. The van der Waals surface area contributed by atoms with E-state index in [9.17, 15) is 0 Å². The van der Waals surface area contributed by atoms with Crippen molar-refractivity contribution in [3.63, 3.8) is 0 Å². The molecule has 0 aliphatic carbocycles. The van der Waals surface area contributed by atoms with Gasteiger partial charge >= 0.3 is 0 Å². The fourth-order valence-corrected chi connectivity index (χ4v) is 3.72. The summed E-state index contributed by atoms with van der Waals surface area (Å²) in [6.07, 6.45) is 2.11. The van der Waals surface area contributed by atoms with Crippen molar-refractivity contribution < 1.29 is 0 Å². The molecule has 1 aromatic rings. The molecule has 1 N–H and O–H groups in total. The van der Waals surface area contributed by atoms with Crippen molar-refractivity contribution in [2.24, 2.45) is 10.8 Å². The summed E-state index contributed by atoms with van der Waals surface area (Å²) in [6.45, 7) is 18.8. The summed E-state index contributed by atoms with van der Waals surface area (Å²) in [5.74, 6) is 0. The van der Waals surface area contributed by atoms with Crippen molar-refractivity contribution in [1.29, 1.82) is 0 Å². The Bertz CT molecular complexity index is 406. The van der Waals surface area contributed by atoms with Crippen LogP contribution in [0.15, 0.2) is 12.3 Å². The third-order valence-corrected chi connectivity index (χ3v) is 4.21. The van der Waals surface area contributed by atoms with E-state index in [1.165, 1.54) is 11.3 Å². The van der Waals surface area contributed by atoms with E-state index < -0.39 is 0 Å². The van der Waals surface area contributed by atoms with E-state index in [-0.39, 0.29) is 10.8 Å². The minimum absolute atomic E-state index is 0.240. The number of H-pyrrole nitrogens is 1. The molecule has 2 unspecified atom stereocenters. The second-order valence-corrected chi connectivity index (χ2v) is 8.42. The van der Waals surface area contributed by atoms with Gasteiger partial charge in [0.2, 0.25) is 0 Å². The SMILES string of the molecule is CC(C)N1C(C(C)(C)C)c2cc[nH]c2C1C(C)(C)C. The molecule has 2 atom stereocenters. The number of aromatic amines is 1. The lowest BCUT2D eigenvalue weighted by atomic mass is 9.82. The van der Waals surface area contributed by atoms with E-state index in [0.29, 0.717) is 18.1 Å². The number of hydrogen-bond acceptors (Lipinski definition) is 1. The molecule has 2 heterocycles. The van der Waals surface area contributed by atoms with Gasteiger partial charge in [0.05, 0.1) is 6.04 Å². The molecule has 0 spiro atoms. The third kappa shape index (κ3) is 2.35. The van der Waals surface area contributed by atoms with Crippen LogP contribution >= 0.6 is 0 Å². The van der Waals surface area contributed by atoms with Crippen molar-refractivity contribution in [1.82, 2.24) is 9.88 Å². The molecule has 108 valence electrons. The van der Waals surface area contributed by atoms with Crippen LogP contribution in [0, 0.1) is 10.8 Å². The Morgan fingerprint density at radius 1 is 1.00 bits per heavy atom. The lowest BCUT2D eigenvalue weighted by Crippen LogP contribution is -2.42. The van der Waals surface area contributed by atoms with Gasteiger partial charge in [-0.2, -0.15) is 0 Å². The third-order valence-electron chi connectivity index (χ3n) is 4.21. The molecule has 2 rings (SSSR count). The van der Waals surface area contributed by atoms with Gasteiger partial charge in [-0.3, -0.25) is 4.90 Å². The van der Waals surface area contributed by atoms with Crippen LogP contribution in [-0.4, -0.2) is 15.9 Å². The summed E-state index contributed by atoms with van der Waals surface area (Å²) in [4.78, 5) is 6.23. The maximum atomic E-state index is 3.52. The van der Waals surface area contributed by atoms with Crippen LogP contribution in [0.1, 0.15) is 78.7 Å². The number of nitrogens with zero attached hydrogens (tertiary/aromatic N) is 1. The highest BCUT2D eigenvalue weighted by molar-refractivity contribution is 5.36. The van der Waals surface area contributed by atoms with Crippen LogP contribution in [0.5, 0.6) is 0 Å². The summed E-state index contributed by atoms with van der Waals surface area (Å²) in [5, 5.41) is 0. The fourth-order valence-electron chi connectivity index (χ4n) is 3.72. The van der Waals surface area contributed by atoms with Crippen LogP contribution in [0.4, 0.5) is 0 Å². The van der Waals surface area contributed by atoms with Gasteiger partial charge < -0.3 is 4.98 Å². The molecular formula is C17H30N2. The largest absolute Gasteiger partial charge is 0.363 e. The Hall–Kier alpha value is -0.760. The van der Waals surface area contributed by atoms with Gasteiger partial charge in [0.1, 0.15) is 0 Å². The summed E-state index contributed by atoms with van der Waals surface area (Å²) >= 11 is 0. The first kappa shape index (κ1) is 14.6. The van der Waals surface area contributed by atoms with Crippen LogP contribution in [0.2, 0.25) is 0 Å². The topological polar surface area (TPSA) is 19.0 Å². The highest BCUT2D eigenvalue weighted by Gasteiger charge is 2.49. The lowest BCUT2D eigenvalue weighted by molar-refractivity contribution is 0.00420. The highest BCUT2D eigenvalue weighted by atomic mass is 15.3. The van der Waals surface area contributed by atoms with Crippen molar-refractivity contribution in [3.8, 4) is 0 Å². The molecule has 0 radical (unpaired) electrons. The Morgan fingerprint density at radius 3 is 1.95 bits per heavy atom. The van der Waals surface area contributed by atoms with Gasteiger partial charge in [0, 0.05) is 24.0 Å². The smallest absolute Gasteiger partial charge is 0.0559 e. The van der Waals surface area contributed by atoms with E-state index in [4.69, 9.17) is 0 Å². The maximum absolute atomic E-state index is 3.52. The first-order valence-electron chi connectivity index (χ1n) is 7.49. The van der Waals surface area contributed by atoms with Gasteiger partial charge in [-0.05, 0) is 36.3 Å². The molecule has 0 saturated carbocycles. The predicted molar refractivity (Wildman–Crippen MR) is 82.2 cm³/mol. The molecule has 19 heavy (non-hydrogen) atoms. The second kappa shape index (κ2) is 4.37. The van der Waals surface area contributed by atoms with Crippen molar-refractivity contribution in [2.45, 2.75) is 73.5 Å². The first-order chi connectivity index (χ1) is 8.55. The lowest BCUT2D eigenvalue weighted by Gasteiger charge is -2.44. The monoisotopic (exact) mass is 262 g/mol. The predicted octanol–water partition coefficient (Wildman–Crippen LogP) is 4.91. The molecule has 0 fully saturated rings. The normalized spacial score (nSPS) is 25.1. The van der Waals surface area contributed by atoms with Gasteiger partial charge in [-0.1, -0.05) is 41.5 Å². The average molecular weight is 262 g/mol. The van der Waals surface area contributed by atoms with Crippen molar-refractivity contribution in [3.05, 3.63) is 23.5 Å². The van der Waals surface area contributed by atoms with Crippen LogP contribution in [-0.2, 0) is 0 Å². The van der Waals surface area contributed by atoms with Crippen LogP contribution < -0.4 is 0 Å². The average Bonchev–Trinajstić information content (AvgIpc) is 2.68. The number of fused-ring (bicyclic) bond motifs is 1. The van der Waals surface area contributed by atoms with Gasteiger partial charge in [-0.25, -0.2) is 0 Å². The molecule has 0 saturated heterocycles. The second-order valence-electron chi connectivity index (χ2n) is 8.42. The van der Waals surface area contributed by atoms with E-state index in [2.05, 4.69) is 77.5 Å². The minimum atomic E-state index is 0.240. The molecule has 2 nitrogen and oxygen atoms in total. The zero-order chi connectivity index (χ0) is 14.6. The van der Waals surface area contributed by atoms with Crippen LogP contribution in [0.25, 0.3) is 0 Å². The molecule has 0 aromatic carbocycles. The summed E-state index contributed by atoms with van der Waals surface area (Å²) in [5.41, 5.74) is 3.42. The Morgan fingerprint density at radius 2 is 1.53 bits per heavy atom. The number of hydrogen-bond donors (Lipinski definition) is 1. The summed E-state index contributed by atoms with van der Waals surface area (Å²) in [6, 6.07) is 3.81. The highest BCUT2D eigenvalue weighted by Crippen LogP contribution is 2.55. The first-order valence-corrected chi connectivity index (χ1v) is 7.49. The quantitative estimate of drug-likeness (QED) is 0.761. The van der Waals surface area contributed by atoms with Crippen LogP contribution in [0.3, 0.4) is 0 Å². The van der Waals surface area contributed by atoms with E-state index in [0.717, 1.165) is 0 Å². The molecule has 1 aromatic heterocycles. The Labute approximate surface area is 118 Å². The molecule has 0 amide bonds. The fraction of sp³-hybridized carbons (Fsp3) is 0.765. The number of rotatable bonds is 1. The summed E-state index contributed by atoms with van der Waals surface area (Å²) in [7, 11) is 0. The summed E-state index contributed by atoms with van der Waals surface area (Å²) < 4.78 is 0. The molecule has 1 aliphatic heterocycles. The van der Waals surface area contributed by atoms with Gasteiger partial charge in [-0.15, -0.1) is 0 Å². The maximum Gasteiger partial charge on any atom is 0.0559 e. The minimum Gasteiger partial charge on any atom is -0.363 e. The van der Waals surface area contributed by atoms with Gasteiger partial charge in [0.15, 0.2) is 0 Å². The molecule has 1 aliphatic rings. The number of nitrogens with one attached hydrogen (secondary N) is 1. The molecule has 0 bridgehead atoms. The van der Waals surface area contributed by atoms with Crippen molar-refractivity contribution in [2.75, 3.05) is 0 Å². The Kier molecular flexibility index (Phi) is 3.37. The van der Waals surface area contributed by atoms with E-state index in [1.807, 2.05) is 0 Å². The Balaban J connectivity index is 2.58. The van der Waals surface area contributed by atoms with E-state index in [1.54, 1.807) is 0 Å². The van der Waals surface area contributed by atoms with Crippen molar-refractivity contribution >= 4 is 0 Å². The molecular weight excluding hydrogens is 232 g/mol. The van der Waals surface area contributed by atoms with Gasteiger partial charge in [0.25, 0.3) is 0 Å². The number of aromatic nitrogens is 1. The standard InChI is InChI=1S/C17H30N2/c1-11(2)19-14(16(3,4)5)12-9-10-18-13(12)15(19)17(6,7)8/h9-11,14-15,18H,1-8H3. The van der Waals surface area contributed by atoms with E-state index >= 15 is 0 Å².